The van der Waals surface area contributed by atoms with Gasteiger partial charge in [0.2, 0.25) is 0 Å². The second-order valence-electron chi connectivity index (χ2n) is 6.12. The molecule has 1 N–H and O–H groups in total. The molecule has 0 aliphatic carbocycles. The zero-order valence-corrected chi connectivity index (χ0v) is 16.4. The first-order valence-electron chi connectivity index (χ1n) is 8.15. The fourth-order valence-electron chi connectivity index (χ4n) is 2.69. The minimum atomic E-state index is -4.88. The summed E-state index contributed by atoms with van der Waals surface area (Å²) in [6, 6.07) is 7.82. The highest BCUT2D eigenvalue weighted by molar-refractivity contribution is 7.92. The molecular weight excluding hydrogens is 475 g/mol. The van der Waals surface area contributed by atoms with Gasteiger partial charge in [-0.25, -0.2) is 26.0 Å². The monoisotopic (exact) mass is 483 g/mol. The van der Waals surface area contributed by atoms with Crippen LogP contribution >= 0.6 is 11.6 Å². The first kappa shape index (κ1) is 22.9. The Morgan fingerprint density at radius 3 is 1.94 bits per heavy atom. The fraction of sp³-hybridized carbons (Fsp3) is 0.0526. The summed E-state index contributed by atoms with van der Waals surface area (Å²) in [6.45, 7) is 0. The van der Waals surface area contributed by atoms with Gasteiger partial charge in [0.25, 0.3) is 10.0 Å². The minimum Gasteiger partial charge on any atom is -0.276 e. The molecule has 0 unspecified atom stereocenters. The van der Waals surface area contributed by atoms with E-state index in [4.69, 9.17) is 11.6 Å². The van der Waals surface area contributed by atoms with Gasteiger partial charge in [-0.3, -0.25) is 4.72 Å². The number of rotatable bonds is 4. The van der Waals surface area contributed by atoms with E-state index < -0.39 is 71.8 Å². The van der Waals surface area contributed by atoms with E-state index in [1.54, 1.807) is 4.72 Å². The SMILES string of the molecule is O=S(=O)(Nc1c(F)c(F)c(F)c(F)c1-c1ccc(C(F)(F)F)c(Cl)c1)c1ccccc1. The van der Waals surface area contributed by atoms with Gasteiger partial charge in [-0.15, -0.1) is 0 Å². The van der Waals surface area contributed by atoms with E-state index in [-0.39, 0.29) is 0 Å². The molecule has 164 valence electrons. The summed E-state index contributed by atoms with van der Waals surface area (Å²) in [4.78, 5) is -0.420. The Balaban J connectivity index is 2.26. The first-order valence-corrected chi connectivity index (χ1v) is 10.0. The quantitative estimate of drug-likeness (QED) is 0.266. The zero-order valence-electron chi connectivity index (χ0n) is 14.9. The van der Waals surface area contributed by atoms with E-state index in [0.29, 0.717) is 18.2 Å². The van der Waals surface area contributed by atoms with Gasteiger partial charge >= 0.3 is 6.18 Å². The Morgan fingerprint density at radius 2 is 1.39 bits per heavy atom. The van der Waals surface area contributed by atoms with Crippen LogP contribution in [0.2, 0.25) is 5.02 Å². The summed E-state index contributed by atoms with van der Waals surface area (Å²) < 4.78 is 122. The molecule has 31 heavy (non-hydrogen) atoms. The minimum absolute atomic E-state index is 0.408. The smallest absolute Gasteiger partial charge is 0.276 e. The molecule has 3 aromatic carbocycles. The average molecular weight is 484 g/mol. The standard InChI is InChI=1S/C19H9ClF7NO2S/c20-12-8-9(6-7-11(12)19(25,26)27)13-14(21)15(22)16(23)17(24)18(13)28-31(29,30)10-4-2-1-3-5-10/h1-8,28H. The lowest BCUT2D eigenvalue weighted by atomic mass is 10.0. The van der Waals surface area contributed by atoms with Crippen molar-refractivity contribution in [2.75, 3.05) is 4.72 Å². The summed E-state index contributed by atoms with van der Waals surface area (Å²) in [7, 11) is -4.61. The number of hydrogen-bond acceptors (Lipinski definition) is 2. The van der Waals surface area contributed by atoms with Gasteiger partial charge in [0.15, 0.2) is 23.3 Å². The second-order valence-corrected chi connectivity index (χ2v) is 8.21. The molecule has 0 heterocycles. The predicted molar refractivity (Wildman–Crippen MR) is 99.0 cm³/mol. The average Bonchev–Trinajstić information content (AvgIpc) is 2.70. The van der Waals surface area contributed by atoms with E-state index >= 15 is 0 Å². The molecule has 0 saturated heterocycles. The van der Waals surface area contributed by atoms with E-state index in [1.165, 1.54) is 18.2 Å². The molecule has 12 heteroatoms. The van der Waals surface area contributed by atoms with Crippen LogP contribution in [0.5, 0.6) is 0 Å². The molecule has 0 atom stereocenters. The van der Waals surface area contributed by atoms with Gasteiger partial charge in [0.1, 0.15) is 0 Å². The molecule has 0 aromatic heterocycles. The van der Waals surface area contributed by atoms with Crippen molar-refractivity contribution >= 4 is 27.3 Å². The Labute approximate surface area is 176 Å². The number of nitrogens with one attached hydrogen (secondary N) is 1. The van der Waals surface area contributed by atoms with Crippen LogP contribution < -0.4 is 4.72 Å². The zero-order chi connectivity index (χ0) is 23.1. The van der Waals surface area contributed by atoms with Crippen molar-refractivity contribution in [2.45, 2.75) is 11.1 Å². The van der Waals surface area contributed by atoms with E-state index in [1.807, 2.05) is 0 Å². The Bertz CT molecular complexity index is 1260. The van der Waals surface area contributed by atoms with E-state index in [9.17, 15) is 39.2 Å². The first-order chi connectivity index (χ1) is 14.3. The lowest BCUT2D eigenvalue weighted by Crippen LogP contribution is -2.17. The molecule has 0 saturated carbocycles. The number of benzene rings is 3. The molecule has 0 spiro atoms. The number of alkyl halides is 3. The summed E-state index contributed by atoms with van der Waals surface area (Å²) in [6.07, 6.45) is -4.88. The summed E-state index contributed by atoms with van der Waals surface area (Å²) in [5.41, 5.74) is -4.45. The highest BCUT2D eigenvalue weighted by Crippen LogP contribution is 2.41. The van der Waals surface area contributed by atoms with Gasteiger partial charge in [-0.1, -0.05) is 35.9 Å². The van der Waals surface area contributed by atoms with Crippen molar-refractivity contribution in [3.63, 3.8) is 0 Å². The highest BCUT2D eigenvalue weighted by atomic mass is 35.5. The third kappa shape index (κ3) is 4.33. The van der Waals surface area contributed by atoms with Crippen LogP contribution in [0.25, 0.3) is 11.1 Å². The molecule has 0 fully saturated rings. The molecular formula is C19H9ClF7NO2S. The third-order valence-electron chi connectivity index (χ3n) is 4.12. The Hall–Kier alpha value is -2.79. The molecule has 0 aliphatic heterocycles. The number of halogens is 8. The summed E-state index contributed by atoms with van der Waals surface area (Å²) in [5, 5.41) is -0.952. The maximum atomic E-state index is 14.6. The van der Waals surface area contributed by atoms with Crippen LogP contribution in [-0.2, 0) is 16.2 Å². The van der Waals surface area contributed by atoms with Crippen molar-refractivity contribution in [3.8, 4) is 11.1 Å². The van der Waals surface area contributed by atoms with Gasteiger partial charge in [0, 0.05) is 5.56 Å². The molecule has 0 bridgehead atoms. The topological polar surface area (TPSA) is 46.2 Å². The normalized spacial score (nSPS) is 12.1. The summed E-state index contributed by atoms with van der Waals surface area (Å²) >= 11 is 5.57. The predicted octanol–water partition coefficient (Wildman–Crippen LogP) is 6.38. The van der Waals surface area contributed by atoms with Crippen molar-refractivity contribution in [1.82, 2.24) is 0 Å². The van der Waals surface area contributed by atoms with Crippen LogP contribution in [0, 0.1) is 23.3 Å². The van der Waals surface area contributed by atoms with Crippen molar-refractivity contribution < 1.29 is 39.2 Å². The third-order valence-corrected chi connectivity index (χ3v) is 5.80. The molecule has 0 aliphatic rings. The van der Waals surface area contributed by atoms with Gasteiger partial charge in [0.05, 0.1) is 21.2 Å². The van der Waals surface area contributed by atoms with Crippen LogP contribution in [0.15, 0.2) is 53.4 Å². The number of hydrogen-bond donors (Lipinski definition) is 1. The van der Waals surface area contributed by atoms with Crippen LogP contribution in [0.3, 0.4) is 0 Å². The molecule has 0 radical (unpaired) electrons. The maximum absolute atomic E-state index is 14.6. The van der Waals surface area contributed by atoms with E-state index in [2.05, 4.69) is 0 Å². The van der Waals surface area contributed by atoms with Gasteiger partial charge < -0.3 is 0 Å². The number of sulfonamides is 1. The van der Waals surface area contributed by atoms with Crippen LogP contribution in [-0.4, -0.2) is 8.42 Å². The van der Waals surface area contributed by atoms with Gasteiger partial charge in [-0.05, 0) is 29.8 Å². The van der Waals surface area contributed by atoms with Crippen LogP contribution in [0.4, 0.5) is 36.4 Å². The lowest BCUT2D eigenvalue weighted by Gasteiger charge is -2.17. The van der Waals surface area contributed by atoms with E-state index in [0.717, 1.165) is 12.1 Å². The molecule has 0 amide bonds. The van der Waals surface area contributed by atoms with Gasteiger partial charge in [-0.2, -0.15) is 13.2 Å². The molecule has 3 aromatic rings. The second kappa shape index (κ2) is 8.04. The fourth-order valence-corrected chi connectivity index (χ4v) is 4.07. The Morgan fingerprint density at radius 1 is 0.806 bits per heavy atom. The number of anilines is 1. The molecule has 3 rings (SSSR count). The van der Waals surface area contributed by atoms with Crippen molar-refractivity contribution in [1.29, 1.82) is 0 Å². The van der Waals surface area contributed by atoms with Crippen molar-refractivity contribution in [2.24, 2.45) is 0 Å². The Kier molecular flexibility index (Phi) is 5.94. The largest absolute Gasteiger partial charge is 0.417 e. The highest BCUT2D eigenvalue weighted by Gasteiger charge is 2.34. The lowest BCUT2D eigenvalue weighted by molar-refractivity contribution is -0.137. The maximum Gasteiger partial charge on any atom is 0.417 e. The summed E-state index contributed by atoms with van der Waals surface area (Å²) in [5.74, 6) is -8.72. The van der Waals surface area contributed by atoms with Crippen molar-refractivity contribution in [3.05, 3.63) is 82.4 Å². The van der Waals surface area contributed by atoms with Crippen LogP contribution in [0.1, 0.15) is 5.56 Å². The molecule has 3 nitrogen and oxygen atoms in total.